The first kappa shape index (κ1) is 20.1. The Morgan fingerprint density at radius 2 is 2.00 bits per heavy atom. The molecule has 1 aliphatic rings. The van der Waals surface area contributed by atoms with Crippen molar-refractivity contribution in [1.29, 1.82) is 0 Å². The van der Waals surface area contributed by atoms with Gasteiger partial charge in [-0.25, -0.2) is 0 Å². The molecule has 0 aromatic carbocycles. The van der Waals surface area contributed by atoms with Crippen LogP contribution in [-0.2, 0) is 19.2 Å². The molecule has 0 heterocycles. The van der Waals surface area contributed by atoms with E-state index >= 15 is 0 Å². The van der Waals surface area contributed by atoms with Gasteiger partial charge in [-0.3, -0.25) is 0 Å². The third-order valence-corrected chi connectivity index (χ3v) is 3.88. The number of hydrogen-bond acceptors (Lipinski definition) is 0. The van der Waals surface area contributed by atoms with Crippen LogP contribution in [0.25, 0.3) is 0 Å². The Morgan fingerprint density at radius 3 is 2.46 bits per heavy atom. The van der Waals surface area contributed by atoms with Crippen molar-refractivity contribution >= 4 is 0 Å². The zero-order valence-electron chi connectivity index (χ0n) is 7.69. The zero-order valence-corrected chi connectivity index (χ0v) is 14.0. The van der Waals surface area contributed by atoms with Gasteiger partial charge in [-0.1, -0.05) is 0 Å². The van der Waals surface area contributed by atoms with E-state index in [4.69, 9.17) is 0 Å². The van der Waals surface area contributed by atoms with Gasteiger partial charge in [0, 0.05) is 0 Å². The van der Waals surface area contributed by atoms with Crippen LogP contribution in [0.2, 0.25) is 4.73 Å². The fraction of sp³-hybridized carbons (Fsp3) is 0.556. The molecular weight excluding hydrogens is 396 g/mol. The summed E-state index contributed by atoms with van der Waals surface area (Å²) in [6.45, 7) is 2.27. The van der Waals surface area contributed by atoms with E-state index in [9.17, 15) is 0 Å². The fourth-order valence-electron chi connectivity index (χ4n) is 1.00. The summed E-state index contributed by atoms with van der Waals surface area (Å²) in [5.41, 5.74) is 0. The molecule has 0 aromatic heterocycles. The van der Waals surface area contributed by atoms with E-state index in [1.165, 1.54) is 24.0 Å². The van der Waals surface area contributed by atoms with Crippen LogP contribution in [0.4, 0.5) is 0 Å². The van der Waals surface area contributed by atoms with Gasteiger partial charge in [0.15, 0.2) is 0 Å². The fourth-order valence-corrected chi connectivity index (χ4v) is 3.08. The minimum absolute atomic E-state index is 0. The summed E-state index contributed by atoms with van der Waals surface area (Å²) in [6.07, 6.45) is 10.9. The van der Waals surface area contributed by atoms with E-state index in [1.54, 1.807) is 3.88 Å². The summed E-state index contributed by atoms with van der Waals surface area (Å²) < 4.78 is 3.25. The molecule has 0 nitrogen and oxygen atoms in total. The van der Waals surface area contributed by atoms with Gasteiger partial charge in [-0.05, 0) is 0 Å². The van der Waals surface area contributed by atoms with Crippen molar-refractivity contribution in [2.24, 2.45) is 0 Å². The monoisotopic (exact) mass is 407 g/mol. The smallest absolute Gasteiger partial charge is 1.00 e. The second kappa shape index (κ2) is 13.6. The second-order valence-electron chi connectivity index (χ2n) is 2.60. The molecule has 13 heavy (non-hydrogen) atoms. The summed E-state index contributed by atoms with van der Waals surface area (Å²) in [5.74, 6) is 0. The number of halogens is 3. The first-order chi connectivity index (χ1) is 4.93. The number of rotatable bonds is 4. The van der Waals surface area contributed by atoms with Crippen LogP contribution in [0.15, 0.2) is 22.1 Å². The van der Waals surface area contributed by atoms with Crippen LogP contribution in [0.5, 0.6) is 0 Å². The van der Waals surface area contributed by atoms with Gasteiger partial charge in [0.05, 0.1) is 0 Å². The molecule has 0 N–H and O–H groups in total. The minimum atomic E-state index is 0. The van der Waals surface area contributed by atoms with Gasteiger partial charge >= 0.3 is 72.2 Å². The Balaban J connectivity index is -0.000000333. The average Bonchev–Trinajstić information content (AvgIpc) is 2.41. The van der Waals surface area contributed by atoms with E-state index in [0.29, 0.717) is 0 Å². The SMILES string of the molecule is CCC[CH2][Ti+3][C]1=CC=CC1.[Br-].[Br-].[Br-]. The van der Waals surface area contributed by atoms with E-state index in [1.807, 2.05) is 0 Å². The summed E-state index contributed by atoms with van der Waals surface area (Å²) >= 11 is 0.290. The molecule has 4 heteroatoms. The van der Waals surface area contributed by atoms with E-state index < -0.39 is 0 Å². The van der Waals surface area contributed by atoms with Gasteiger partial charge in [0.2, 0.25) is 0 Å². The number of unbranched alkanes of at least 4 members (excludes halogenated alkanes) is 1. The third kappa shape index (κ3) is 9.93. The number of allylic oxidation sites excluding steroid dienone is 4. The molecule has 0 atom stereocenters. The van der Waals surface area contributed by atoms with Crippen LogP contribution in [0.1, 0.15) is 26.2 Å². The molecule has 0 unspecified atom stereocenters. The van der Waals surface area contributed by atoms with E-state index in [0.717, 1.165) is 0 Å². The van der Waals surface area contributed by atoms with Crippen LogP contribution >= 0.6 is 0 Å². The number of hydrogen-bond donors (Lipinski definition) is 0. The molecule has 75 valence electrons. The maximum atomic E-state index is 2.32. The maximum absolute atomic E-state index is 2.32. The van der Waals surface area contributed by atoms with Crippen LogP contribution in [0.3, 0.4) is 0 Å². The molecule has 0 bridgehead atoms. The van der Waals surface area contributed by atoms with Gasteiger partial charge in [-0.15, -0.1) is 0 Å². The van der Waals surface area contributed by atoms with Crippen molar-refractivity contribution < 1.29 is 70.1 Å². The Kier molecular flexibility index (Phi) is 21.1. The Morgan fingerprint density at radius 1 is 1.31 bits per heavy atom. The molecule has 0 saturated carbocycles. The first-order valence-electron chi connectivity index (χ1n) is 4.03. The standard InChI is InChI=1S/C5H5.C4H9.3BrH.Ti/c1-2-4-5-3-1;1-3-4-2;;;;/h1-3H,4H2;1,3-4H2,2H3;3*1H;/q;;;;;+3/p-3. The van der Waals surface area contributed by atoms with Crippen molar-refractivity contribution in [2.45, 2.75) is 30.9 Å². The van der Waals surface area contributed by atoms with Crippen LogP contribution in [-0.4, -0.2) is 0 Å². The molecule has 0 fully saturated rings. The molecule has 0 saturated heterocycles. The van der Waals surface area contributed by atoms with Crippen molar-refractivity contribution in [1.82, 2.24) is 0 Å². The quantitative estimate of drug-likeness (QED) is 0.321. The topological polar surface area (TPSA) is 0 Å². The summed E-state index contributed by atoms with van der Waals surface area (Å²) in [7, 11) is 0. The van der Waals surface area contributed by atoms with Crippen molar-refractivity contribution in [3.63, 3.8) is 0 Å². The van der Waals surface area contributed by atoms with Gasteiger partial charge in [-0.2, -0.15) is 0 Å². The van der Waals surface area contributed by atoms with Crippen molar-refractivity contribution in [3.05, 3.63) is 22.1 Å². The van der Waals surface area contributed by atoms with E-state index in [-0.39, 0.29) is 70.1 Å². The van der Waals surface area contributed by atoms with Crippen molar-refractivity contribution in [2.75, 3.05) is 0 Å². The molecule has 0 aromatic rings. The van der Waals surface area contributed by atoms with Gasteiger partial charge in [0.25, 0.3) is 0 Å². The molecule has 1 aliphatic carbocycles. The molecule has 0 amide bonds. The Bertz CT molecular complexity index is 155. The predicted octanol–water partition coefficient (Wildman–Crippen LogP) is -5.86. The summed E-state index contributed by atoms with van der Waals surface area (Å²) in [4.78, 5) is 0. The maximum Gasteiger partial charge on any atom is -1.00 e. The van der Waals surface area contributed by atoms with Gasteiger partial charge in [0.1, 0.15) is 0 Å². The normalized spacial score (nSPS) is 11.6. The minimum Gasteiger partial charge on any atom is -1.00 e. The molecule has 0 spiro atoms. The summed E-state index contributed by atoms with van der Waals surface area (Å²) in [6, 6.07) is 0. The second-order valence-corrected chi connectivity index (χ2v) is 4.94. The third-order valence-electron chi connectivity index (χ3n) is 1.65. The zero-order chi connectivity index (χ0) is 7.23. The molecule has 1 rings (SSSR count). The van der Waals surface area contributed by atoms with Crippen LogP contribution in [0, 0.1) is 0 Å². The van der Waals surface area contributed by atoms with E-state index in [2.05, 4.69) is 25.2 Å². The first-order valence-corrected chi connectivity index (χ1v) is 5.91. The molecule has 0 radical (unpaired) electrons. The Labute approximate surface area is 122 Å². The van der Waals surface area contributed by atoms with Crippen molar-refractivity contribution in [3.8, 4) is 0 Å². The summed E-state index contributed by atoms with van der Waals surface area (Å²) in [5, 5.41) is 0. The predicted molar refractivity (Wildman–Crippen MR) is 41.6 cm³/mol. The largest absolute Gasteiger partial charge is 1.00 e. The molecule has 0 aliphatic heterocycles. The Hall–Kier alpha value is 1.63. The van der Waals surface area contributed by atoms with Gasteiger partial charge < -0.3 is 50.9 Å². The van der Waals surface area contributed by atoms with Crippen LogP contribution < -0.4 is 50.9 Å². The average molecular weight is 410 g/mol. The molecular formula is C9H14Br3Ti.